The Bertz CT molecular complexity index is 799. The van der Waals surface area contributed by atoms with Gasteiger partial charge in [-0.3, -0.25) is 24.2 Å². The second kappa shape index (κ2) is 16.3. The number of nitrogens with zero attached hydrogens (tertiary/aromatic N) is 1. The van der Waals surface area contributed by atoms with Gasteiger partial charge in [0.25, 0.3) is 0 Å². The van der Waals surface area contributed by atoms with Crippen LogP contribution in [0.3, 0.4) is 0 Å². The fourth-order valence-corrected chi connectivity index (χ4v) is 3.08. The van der Waals surface area contributed by atoms with E-state index in [0.29, 0.717) is 0 Å². The predicted octanol–water partition coefficient (Wildman–Crippen LogP) is -2.80. The normalized spacial score (nSPS) is 15.1. The molecule has 0 fully saturated rings. The second-order valence-corrected chi connectivity index (χ2v) is 8.80. The van der Waals surface area contributed by atoms with Gasteiger partial charge < -0.3 is 48.5 Å². The lowest BCUT2D eigenvalue weighted by atomic mass is 10.0. The zero-order chi connectivity index (χ0) is 28.0. The number of carboxylic acids is 2. The fraction of sp³-hybridized carbons (Fsp3) is 0.714. The summed E-state index contributed by atoms with van der Waals surface area (Å²) in [5, 5.41) is 34.9. The van der Waals surface area contributed by atoms with Gasteiger partial charge in [0, 0.05) is 13.0 Å². The summed E-state index contributed by atoms with van der Waals surface area (Å²) in [6.45, 7) is 4.92. The molecule has 0 saturated carbocycles. The molecule has 0 radical (unpaired) electrons. The Balaban J connectivity index is 5.60. The maximum Gasteiger partial charge on any atom is 0.328 e. The Morgan fingerprint density at radius 3 is 1.89 bits per heavy atom. The average molecular weight is 518 g/mol. The van der Waals surface area contributed by atoms with E-state index in [1.165, 1.54) is 6.92 Å². The maximum absolute atomic E-state index is 13.0. The van der Waals surface area contributed by atoms with Crippen LogP contribution in [-0.2, 0) is 24.0 Å². The summed E-state index contributed by atoms with van der Waals surface area (Å²) in [6.07, 6.45) is -1.45. The second-order valence-electron chi connectivity index (χ2n) is 8.80. The van der Waals surface area contributed by atoms with Gasteiger partial charge in [-0.25, -0.2) is 4.79 Å². The van der Waals surface area contributed by atoms with Crippen LogP contribution in [0.2, 0.25) is 0 Å². The van der Waals surface area contributed by atoms with Crippen molar-refractivity contribution in [1.29, 1.82) is 0 Å². The Kier molecular flexibility index (Phi) is 14.7. The van der Waals surface area contributed by atoms with Crippen LogP contribution in [0, 0.1) is 5.92 Å². The minimum atomic E-state index is -1.62. The van der Waals surface area contributed by atoms with E-state index in [4.69, 9.17) is 22.3 Å². The zero-order valence-corrected chi connectivity index (χ0v) is 20.8. The van der Waals surface area contributed by atoms with Gasteiger partial charge in [-0.15, -0.1) is 0 Å². The smallest absolute Gasteiger partial charge is 0.328 e. The number of guanidine groups is 1. The van der Waals surface area contributed by atoms with Crippen molar-refractivity contribution in [2.75, 3.05) is 6.54 Å². The number of nitrogens with one attached hydrogen (secondary N) is 3. The molecule has 0 aromatic heterocycles. The van der Waals surface area contributed by atoms with E-state index in [2.05, 4.69) is 20.9 Å². The van der Waals surface area contributed by atoms with Crippen molar-refractivity contribution in [1.82, 2.24) is 16.0 Å². The van der Waals surface area contributed by atoms with Crippen molar-refractivity contribution in [3.63, 3.8) is 0 Å². The van der Waals surface area contributed by atoms with Crippen molar-refractivity contribution in [3.05, 3.63) is 0 Å². The molecule has 0 aliphatic carbocycles. The van der Waals surface area contributed by atoms with E-state index in [1.807, 2.05) is 0 Å². The monoisotopic (exact) mass is 517 g/mol. The minimum absolute atomic E-state index is 0.0149. The molecule has 5 atom stereocenters. The molecule has 0 aromatic carbocycles. The van der Waals surface area contributed by atoms with Crippen molar-refractivity contribution in [2.24, 2.45) is 28.1 Å². The third-order valence-corrected chi connectivity index (χ3v) is 4.97. The molecule has 0 aliphatic heterocycles. The first-order valence-electron chi connectivity index (χ1n) is 11.5. The molecule has 0 spiro atoms. The van der Waals surface area contributed by atoms with E-state index in [0.717, 1.165) is 0 Å². The lowest BCUT2D eigenvalue weighted by molar-refractivity contribution is -0.145. The van der Waals surface area contributed by atoms with Gasteiger partial charge in [-0.2, -0.15) is 0 Å². The van der Waals surface area contributed by atoms with Crippen LogP contribution < -0.4 is 33.2 Å². The molecular weight excluding hydrogens is 478 g/mol. The molecule has 12 N–H and O–H groups in total. The first kappa shape index (κ1) is 32.5. The van der Waals surface area contributed by atoms with E-state index in [-0.39, 0.29) is 50.5 Å². The maximum atomic E-state index is 13.0. The molecule has 0 saturated heterocycles. The number of aliphatic imine (C=N–C) groups is 1. The molecule has 5 unspecified atom stereocenters. The highest BCUT2D eigenvalue weighted by atomic mass is 16.4. The van der Waals surface area contributed by atoms with E-state index < -0.39 is 59.9 Å². The first-order valence-corrected chi connectivity index (χ1v) is 11.5. The largest absolute Gasteiger partial charge is 0.481 e. The first-order chi connectivity index (χ1) is 16.6. The number of aliphatic hydroxyl groups excluding tert-OH is 1. The van der Waals surface area contributed by atoms with Gasteiger partial charge in [0.15, 0.2) is 12.0 Å². The van der Waals surface area contributed by atoms with Gasteiger partial charge in [-0.1, -0.05) is 13.8 Å². The molecular formula is C21H39N7O8. The SMILES string of the molecule is CC(C)CC(NC(=O)C(N)CCC(=O)O)C(=O)NC(CCCN=C(N)N)C(=O)NC(C(=O)O)C(C)O. The third-order valence-electron chi connectivity index (χ3n) is 4.97. The molecule has 0 aliphatic rings. The lowest BCUT2D eigenvalue weighted by Gasteiger charge is -2.26. The summed E-state index contributed by atoms with van der Waals surface area (Å²) >= 11 is 0. The summed E-state index contributed by atoms with van der Waals surface area (Å²) in [7, 11) is 0. The van der Waals surface area contributed by atoms with Crippen LogP contribution in [0.1, 0.15) is 52.9 Å². The van der Waals surface area contributed by atoms with Crippen molar-refractivity contribution < 1.29 is 39.3 Å². The van der Waals surface area contributed by atoms with Crippen molar-refractivity contribution >= 4 is 35.6 Å². The number of aliphatic carboxylic acids is 2. The molecule has 0 heterocycles. The van der Waals surface area contributed by atoms with Crippen molar-refractivity contribution in [3.8, 4) is 0 Å². The molecule has 0 rings (SSSR count). The average Bonchev–Trinajstić information content (AvgIpc) is 2.75. The quantitative estimate of drug-likeness (QED) is 0.0539. The van der Waals surface area contributed by atoms with Crippen LogP contribution in [0.25, 0.3) is 0 Å². The Labute approximate surface area is 209 Å². The van der Waals surface area contributed by atoms with Gasteiger partial charge in [0.05, 0.1) is 12.1 Å². The summed E-state index contributed by atoms with van der Waals surface area (Å²) in [4.78, 5) is 64.2. The summed E-state index contributed by atoms with van der Waals surface area (Å²) in [5.41, 5.74) is 16.3. The molecule has 0 bridgehead atoms. The Hall–Kier alpha value is -3.46. The van der Waals surface area contributed by atoms with E-state index >= 15 is 0 Å². The summed E-state index contributed by atoms with van der Waals surface area (Å²) in [6, 6.07) is -5.12. The lowest BCUT2D eigenvalue weighted by Crippen LogP contribution is -2.58. The number of carbonyl (C=O) groups excluding carboxylic acids is 3. The highest BCUT2D eigenvalue weighted by Crippen LogP contribution is 2.08. The molecule has 36 heavy (non-hydrogen) atoms. The van der Waals surface area contributed by atoms with Crippen LogP contribution in [0.5, 0.6) is 0 Å². The van der Waals surface area contributed by atoms with Gasteiger partial charge in [-0.05, 0) is 38.5 Å². The zero-order valence-electron chi connectivity index (χ0n) is 20.8. The van der Waals surface area contributed by atoms with Crippen LogP contribution >= 0.6 is 0 Å². The molecule has 3 amide bonds. The minimum Gasteiger partial charge on any atom is -0.481 e. The number of aliphatic hydroxyl groups is 1. The number of amides is 3. The molecule has 15 heteroatoms. The number of carboxylic acid groups (broad SMARTS) is 2. The Morgan fingerprint density at radius 1 is 0.861 bits per heavy atom. The molecule has 206 valence electrons. The molecule has 0 aromatic rings. The van der Waals surface area contributed by atoms with Crippen LogP contribution in [-0.4, -0.2) is 87.8 Å². The predicted molar refractivity (Wildman–Crippen MR) is 129 cm³/mol. The van der Waals surface area contributed by atoms with Gasteiger partial charge in [0.2, 0.25) is 17.7 Å². The number of carbonyl (C=O) groups is 5. The summed E-state index contributed by atoms with van der Waals surface area (Å²) in [5.74, 6) is -5.14. The standard InChI is InChI=1S/C21H39N7O8/c1-10(2)9-14(27-17(32)12(22)6-7-15(30)31)19(34)26-13(5-4-8-25-21(23)24)18(33)28-16(11(3)29)20(35)36/h10-14,16,29H,4-9,22H2,1-3H3,(H,26,34)(H,27,32)(H,28,33)(H,30,31)(H,35,36)(H4,23,24,25). The van der Waals surface area contributed by atoms with Crippen molar-refractivity contribution in [2.45, 2.75) is 83.1 Å². The van der Waals surface area contributed by atoms with Gasteiger partial charge >= 0.3 is 11.9 Å². The Morgan fingerprint density at radius 2 is 1.42 bits per heavy atom. The number of hydrogen-bond donors (Lipinski definition) is 9. The number of nitrogens with two attached hydrogens (primary N) is 3. The van der Waals surface area contributed by atoms with Crippen LogP contribution in [0.4, 0.5) is 0 Å². The highest BCUT2D eigenvalue weighted by Gasteiger charge is 2.32. The van der Waals surface area contributed by atoms with E-state index in [9.17, 15) is 34.2 Å². The van der Waals surface area contributed by atoms with Gasteiger partial charge in [0.1, 0.15) is 12.1 Å². The molecule has 15 nitrogen and oxygen atoms in total. The van der Waals surface area contributed by atoms with E-state index in [1.54, 1.807) is 13.8 Å². The number of rotatable bonds is 17. The fourth-order valence-electron chi connectivity index (χ4n) is 3.08. The number of hydrogen-bond acceptors (Lipinski definition) is 8. The topological polar surface area (TPSA) is 273 Å². The highest BCUT2D eigenvalue weighted by molar-refractivity contribution is 5.94. The summed E-state index contributed by atoms with van der Waals surface area (Å²) < 4.78 is 0. The third kappa shape index (κ3) is 13.4. The van der Waals surface area contributed by atoms with Crippen LogP contribution in [0.15, 0.2) is 4.99 Å².